The van der Waals surface area contributed by atoms with Crippen molar-refractivity contribution >= 4 is 29.0 Å². The van der Waals surface area contributed by atoms with Gasteiger partial charge in [0, 0.05) is 18.7 Å². The first-order valence-electron chi connectivity index (χ1n) is 6.47. The lowest BCUT2D eigenvalue weighted by atomic mass is 10.1. The van der Waals surface area contributed by atoms with Gasteiger partial charge in [-0.25, -0.2) is 4.79 Å². The summed E-state index contributed by atoms with van der Waals surface area (Å²) < 4.78 is 9.97. The third-order valence-corrected chi connectivity index (χ3v) is 3.33. The van der Waals surface area contributed by atoms with Crippen LogP contribution in [-0.2, 0) is 14.3 Å². The molecule has 2 rings (SSSR count). The molecular weight excluding hydrogens is 282 g/mol. The number of ketones is 1. The molecule has 0 radical (unpaired) electrons. The van der Waals surface area contributed by atoms with Crippen LogP contribution in [0.2, 0.25) is 5.02 Å². The summed E-state index contributed by atoms with van der Waals surface area (Å²) in [6, 6.07) is 4.85. The van der Waals surface area contributed by atoms with E-state index in [1.54, 1.807) is 19.1 Å². The number of morpholine rings is 1. The lowest BCUT2D eigenvalue weighted by Crippen LogP contribution is -2.36. The second-order valence-corrected chi connectivity index (χ2v) is 4.72. The van der Waals surface area contributed by atoms with Gasteiger partial charge in [0.2, 0.25) is 0 Å². The van der Waals surface area contributed by atoms with Gasteiger partial charge in [0.05, 0.1) is 30.5 Å². The fourth-order valence-electron chi connectivity index (χ4n) is 2.02. The molecule has 1 aliphatic heterocycles. The Labute approximate surface area is 122 Å². The molecule has 1 aromatic rings. The average Bonchev–Trinajstić information content (AvgIpc) is 2.47. The van der Waals surface area contributed by atoms with Crippen LogP contribution in [0.1, 0.15) is 17.3 Å². The average molecular weight is 298 g/mol. The van der Waals surface area contributed by atoms with Gasteiger partial charge in [-0.2, -0.15) is 0 Å². The van der Waals surface area contributed by atoms with Crippen LogP contribution < -0.4 is 4.90 Å². The molecular formula is C14H16ClNO4. The molecule has 0 aromatic heterocycles. The molecule has 1 aromatic carbocycles. The highest BCUT2D eigenvalue weighted by molar-refractivity contribution is 6.41. The highest BCUT2D eigenvalue weighted by atomic mass is 35.5. The number of rotatable bonds is 4. The number of Topliss-reactive ketones (excluding diaryl/α,β-unsaturated/α-hetero) is 1. The maximum atomic E-state index is 11.8. The number of carbonyl (C=O) groups excluding carboxylic acids is 2. The summed E-state index contributed by atoms with van der Waals surface area (Å²) >= 11 is 6.20. The van der Waals surface area contributed by atoms with Gasteiger partial charge in [-0.1, -0.05) is 11.6 Å². The quantitative estimate of drug-likeness (QED) is 0.483. The predicted octanol–water partition coefficient (Wildman–Crippen LogP) is 1.92. The number of halogens is 1. The fraction of sp³-hybridized carbons (Fsp3) is 0.429. The van der Waals surface area contributed by atoms with Crippen molar-refractivity contribution in [3.05, 3.63) is 28.8 Å². The summed E-state index contributed by atoms with van der Waals surface area (Å²) in [5.41, 5.74) is 1.08. The van der Waals surface area contributed by atoms with Gasteiger partial charge in [0.1, 0.15) is 0 Å². The summed E-state index contributed by atoms with van der Waals surface area (Å²) in [5.74, 6) is -1.54. The largest absolute Gasteiger partial charge is 0.460 e. The molecule has 0 unspecified atom stereocenters. The minimum atomic E-state index is -0.859. The van der Waals surface area contributed by atoms with Crippen molar-refractivity contribution in [2.24, 2.45) is 0 Å². The number of anilines is 1. The normalized spacial score (nSPS) is 15.0. The van der Waals surface area contributed by atoms with Crippen molar-refractivity contribution in [1.82, 2.24) is 0 Å². The van der Waals surface area contributed by atoms with Crippen LogP contribution in [-0.4, -0.2) is 44.7 Å². The number of ether oxygens (including phenoxy) is 2. The molecule has 0 bridgehead atoms. The van der Waals surface area contributed by atoms with E-state index in [0.29, 0.717) is 18.2 Å². The maximum absolute atomic E-state index is 11.8. The Morgan fingerprint density at radius 2 is 2.05 bits per heavy atom. The SMILES string of the molecule is CCOC(=O)C(=O)c1ccc(N2CCOCC2)c(Cl)c1. The van der Waals surface area contributed by atoms with Crippen LogP contribution in [0.15, 0.2) is 18.2 Å². The molecule has 108 valence electrons. The maximum Gasteiger partial charge on any atom is 0.379 e. The van der Waals surface area contributed by atoms with Gasteiger partial charge < -0.3 is 14.4 Å². The Balaban J connectivity index is 2.16. The zero-order valence-electron chi connectivity index (χ0n) is 11.2. The van der Waals surface area contributed by atoms with Gasteiger partial charge in [-0.15, -0.1) is 0 Å². The molecule has 0 N–H and O–H groups in total. The van der Waals surface area contributed by atoms with E-state index < -0.39 is 11.8 Å². The second-order valence-electron chi connectivity index (χ2n) is 4.32. The zero-order valence-corrected chi connectivity index (χ0v) is 12.0. The molecule has 6 heteroatoms. The molecule has 1 saturated heterocycles. The van der Waals surface area contributed by atoms with E-state index in [4.69, 9.17) is 16.3 Å². The standard InChI is InChI=1S/C14H16ClNO4/c1-2-20-14(18)13(17)10-3-4-12(11(15)9-10)16-5-7-19-8-6-16/h3-4,9H,2,5-8H2,1H3. The van der Waals surface area contributed by atoms with Crippen LogP contribution >= 0.6 is 11.6 Å². The van der Waals surface area contributed by atoms with E-state index in [-0.39, 0.29) is 12.2 Å². The van der Waals surface area contributed by atoms with E-state index in [0.717, 1.165) is 18.8 Å². The van der Waals surface area contributed by atoms with Crippen molar-refractivity contribution in [2.75, 3.05) is 37.8 Å². The minimum Gasteiger partial charge on any atom is -0.460 e. The third-order valence-electron chi connectivity index (χ3n) is 3.02. The molecule has 0 atom stereocenters. The molecule has 0 amide bonds. The van der Waals surface area contributed by atoms with E-state index in [9.17, 15) is 9.59 Å². The summed E-state index contributed by atoms with van der Waals surface area (Å²) in [7, 11) is 0. The summed E-state index contributed by atoms with van der Waals surface area (Å²) in [6.07, 6.45) is 0. The van der Waals surface area contributed by atoms with Crippen molar-refractivity contribution in [1.29, 1.82) is 0 Å². The van der Waals surface area contributed by atoms with Crippen molar-refractivity contribution in [3.63, 3.8) is 0 Å². The highest BCUT2D eigenvalue weighted by Crippen LogP contribution is 2.27. The Morgan fingerprint density at radius 1 is 1.35 bits per heavy atom. The monoisotopic (exact) mass is 297 g/mol. The Hall–Kier alpha value is -1.59. The van der Waals surface area contributed by atoms with E-state index in [2.05, 4.69) is 9.64 Å². The minimum absolute atomic E-state index is 0.171. The Morgan fingerprint density at radius 3 is 2.65 bits per heavy atom. The number of esters is 1. The van der Waals surface area contributed by atoms with Gasteiger partial charge in [-0.3, -0.25) is 4.79 Å². The molecule has 0 spiro atoms. The Kier molecular flexibility index (Phi) is 4.98. The van der Waals surface area contributed by atoms with Crippen molar-refractivity contribution in [3.8, 4) is 0 Å². The molecule has 0 saturated carbocycles. The highest BCUT2D eigenvalue weighted by Gasteiger charge is 2.20. The predicted molar refractivity (Wildman–Crippen MR) is 75.4 cm³/mol. The van der Waals surface area contributed by atoms with Crippen molar-refractivity contribution < 1.29 is 19.1 Å². The van der Waals surface area contributed by atoms with E-state index in [1.165, 1.54) is 6.07 Å². The van der Waals surface area contributed by atoms with E-state index >= 15 is 0 Å². The second kappa shape index (κ2) is 6.72. The van der Waals surface area contributed by atoms with Gasteiger partial charge in [0.15, 0.2) is 0 Å². The molecule has 1 aliphatic rings. The van der Waals surface area contributed by atoms with Gasteiger partial charge in [-0.05, 0) is 25.1 Å². The summed E-state index contributed by atoms with van der Waals surface area (Å²) in [6.45, 7) is 4.64. The van der Waals surface area contributed by atoms with Gasteiger partial charge in [0.25, 0.3) is 5.78 Å². The third kappa shape index (κ3) is 3.29. The number of hydrogen-bond donors (Lipinski definition) is 0. The molecule has 1 fully saturated rings. The van der Waals surface area contributed by atoms with Crippen LogP contribution in [0.4, 0.5) is 5.69 Å². The number of benzene rings is 1. The van der Waals surface area contributed by atoms with Crippen molar-refractivity contribution in [2.45, 2.75) is 6.92 Å². The number of nitrogens with zero attached hydrogens (tertiary/aromatic N) is 1. The molecule has 0 aliphatic carbocycles. The lowest BCUT2D eigenvalue weighted by Gasteiger charge is -2.29. The number of carbonyl (C=O) groups is 2. The zero-order chi connectivity index (χ0) is 14.5. The van der Waals surface area contributed by atoms with E-state index in [1.807, 2.05) is 0 Å². The van der Waals surface area contributed by atoms with Gasteiger partial charge >= 0.3 is 5.97 Å². The first-order chi connectivity index (χ1) is 9.63. The topological polar surface area (TPSA) is 55.8 Å². The number of hydrogen-bond acceptors (Lipinski definition) is 5. The van der Waals surface area contributed by atoms with Crippen LogP contribution in [0, 0.1) is 0 Å². The first-order valence-corrected chi connectivity index (χ1v) is 6.85. The molecule has 1 heterocycles. The lowest BCUT2D eigenvalue weighted by molar-refractivity contribution is -0.137. The smallest absolute Gasteiger partial charge is 0.379 e. The summed E-state index contributed by atoms with van der Waals surface area (Å²) in [5, 5.41) is 0.446. The molecule has 5 nitrogen and oxygen atoms in total. The van der Waals surface area contributed by atoms with Crippen LogP contribution in [0.25, 0.3) is 0 Å². The van der Waals surface area contributed by atoms with Crippen LogP contribution in [0.3, 0.4) is 0 Å². The first kappa shape index (κ1) is 14.8. The van der Waals surface area contributed by atoms with Crippen LogP contribution in [0.5, 0.6) is 0 Å². The fourth-order valence-corrected chi connectivity index (χ4v) is 2.32. The summed E-state index contributed by atoms with van der Waals surface area (Å²) in [4.78, 5) is 25.3. The Bertz CT molecular complexity index is 512. The molecule has 20 heavy (non-hydrogen) atoms.